The molecule has 0 atom stereocenters. The third kappa shape index (κ3) is 2.96. The van der Waals surface area contributed by atoms with Gasteiger partial charge in [0.25, 0.3) is 0 Å². The smallest absolute Gasteiger partial charge is 0.212 e. The molecule has 21 heavy (non-hydrogen) atoms. The molecule has 0 amide bonds. The number of pyridine rings is 1. The number of anilines is 1. The molecular formula is C16H20N4O. The highest BCUT2D eigenvalue weighted by Gasteiger charge is 2.19. The van der Waals surface area contributed by atoms with Crippen LogP contribution >= 0.6 is 0 Å². The third-order valence-electron chi connectivity index (χ3n) is 3.69. The maximum Gasteiger partial charge on any atom is 0.212 e. The number of ether oxygens (including phenoxy) is 1. The molecule has 0 unspecified atom stereocenters. The van der Waals surface area contributed by atoms with Gasteiger partial charge in [0.2, 0.25) is 5.88 Å². The lowest BCUT2D eigenvalue weighted by molar-refractivity contribution is 0.397. The van der Waals surface area contributed by atoms with Gasteiger partial charge < -0.3 is 10.1 Å². The average molecular weight is 284 g/mol. The van der Waals surface area contributed by atoms with Crippen molar-refractivity contribution in [3.63, 3.8) is 0 Å². The molecule has 1 aliphatic carbocycles. The summed E-state index contributed by atoms with van der Waals surface area (Å²) in [6.45, 7) is 2.98. The van der Waals surface area contributed by atoms with Gasteiger partial charge in [-0.1, -0.05) is 6.07 Å². The van der Waals surface area contributed by atoms with Crippen molar-refractivity contribution in [3.8, 4) is 5.88 Å². The van der Waals surface area contributed by atoms with Gasteiger partial charge in [-0.25, -0.2) is 15.0 Å². The fourth-order valence-electron chi connectivity index (χ4n) is 2.70. The molecule has 0 aliphatic heterocycles. The van der Waals surface area contributed by atoms with Crippen LogP contribution in [0.5, 0.6) is 5.88 Å². The Morgan fingerprint density at radius 2 is 2.14 bits per heavy atom. The topological polar surface area (TPSA) is 59.9 Å². The van der Waals surface area contributed by atoms with Gasteiger partial charge in [-0.3, -0.25) is 0 Å². The number of nitrogens with zero attached hydrogens (tertiary/aromatic N) is 3. The van der Waals surface area contributed by atoms with Gasteiger partial charge in [0.05, 0.1) is 7.11 Å². The second kappa shape index (κ2) is 6.08. The van der Waals surface area contributed by atoms with Crippen LogP contribution in [0.15, 0.2) is 18.3 Å². The van der Waals surface area contributed by atoms with Crippen LogP contribution in [0.3, 0.4) is 0 Å². The molecule has 5 nitrogen and oxygen atoms in total. The highest BCUT2D eigenvalue weighted by Crippen LogP contribution is 2.26. The molecule has 0 radical (unpaired) electrons. The minimum absolute atomic E-state index is 0.627. The van der Waals surface area contributed by atoms with E-state index in [1.54, 1.807) is 7.11 Å². The summed E-state index contributed by atoms with van der Waals surface area (Å²) in [5.41, 5.74) is 3.60. The number of rotatable bonds is 5. The molecule has 0 aromatic carbocycles. The molecule has 0 bridgehead atoms. The molecule has 0 spiro atoms. The van der Waals surface area contributed by atoms with E-state index in [-0.39, 0.29) is 0 Å². The van der Waals surface area contributed by atoms with E-state index >= 15 is 0 Å². The molecule has 2 aromatic rings. The van der Waals surface area contributed by atoms with Crippen molar-refractivity contribution in [1.82, 2.24) is 15.0 Å². The molecule has 0 fully saturated rings. The lowest BCUT2D eigenvalue weighted by atomic mass is 10.2. The number of aromatic nitrogens is 3. The minimum Gasteiger partial charge on any atom is -0.481 e. The summed E-state index contributed by atoms with van der Waals surface area (Å²) in [6.07, 6.45) is 5.84. The Bertz CT molecular complexity index is 625. The molecule has 0 saturated carbocycles. The second-order valence-electron chi connectivity index (χ2n) is 5.18. The van der Waals surface area contributed by atoms with Gasteiger partial charge in [0, 0.05) is 36.5 Å². The normalized spacial score (nSPS) is 13.0. The van der Waals surface area contributed by atoms with Gasteiger partial charge in [0.1, 0.15) is 11.6 Å². The van der Waals surface area contributed by atoms with Crippen LogP contribution in [-0.4, -0.2) is 28.6 Å². The van der Waals surface area contributed by atoms with Crippen LogP contribution in [0, 0.1) is 0 Å². The summed E-state index contributed by atoms with van der Waals surface area (Å²) in [5, 5.41) is 3.37. The van der Waals surface area contributed by atoms with Crippen LogP contribution in [0.25, 0.3) is 0 Å². The molecular weight excluding hydrogens is 264 g/mol. The zero-order chi connectivity index (χ0) is 14.7. The number of hydrogen-bond donors (Lipinski definition) is 1. The summed E-state index contributed by atoms with van der Waals surface area (Å²) in [4.78, 5) is 13.6. The zero-order valence-corrected chi connectivity index (χ0v) is 12.5. The van der Waals surface area contributed by atoms with E-state index < -0.39 is 0 Å². The predicted octanol–water partition coefficient (Wildman–Crippen LogP) is 2.39. The van der Waals surface area contributed by atoms with Crippen molar-refractivity contribution in [3.05, 3.63) is 41.0 Å². The molecule has 0 saturated heterocycles. The molecule has 1 N–H and O–H groups in total. The molecule has 1 aliphatic rings. The van der Waals surface area contributed by atoms with Crippen LogP contribution in [0.2, 0.25) is 0 Å². The van der Waals surface area contributed by atoms with Crippen LogP contribution in [-0.2, 0) is 19.3 Å². The van der Waals surface area contributed by atoms with Crippen LogP contribution < -0.4 is 10.1 Å². The number of hydrogen-bond acceptors (Lipinski definition) is 5. The molecule has 5 heteroatoms. The Balaban J connectivity index is 1.86. The van der Waals surface area contributed by atoms with Gasteiger partial charge in [-0.05, 0) is 31.7 Å². The Kier molecular flexibility index (Phi) is 3.99. The van der Waals surface area contributed by atoms with Crippen molar-refractivity contribution in [2.45, 2.75) is 32.6 Å². The van der Waals surface area contributed by atoms with E-state index in [2.05, 4.69) is 17.2 Å². The maximum absolute atomic E-state index is 5.08. The van der Waals surface area contributed by atoms with Crippen molar-refractivity contribution in [2.75, 3.05) is 19.0 Å². The summed E-state index contributed by atoms with van der Waals surface area (Å²) >= 11 is 0. The average Bonchev–Trinajstić information content (AvgIpc) is 2.97. The Hall–Kier alpha value is -2.17. The summed E-state index contributed by atoms with van der Waals surface area (Å²) in [5.74, 6) is 2.50. The van der Waals surface area contributed by atoms with E-state index in [1.807, 2.05) is 18.3 Å². The second-order valence-corrected chi connectivity index (χ2v) is 5.18. The van der Waals surface area contributed by atoms with E-state index in [9.17, 15) is 0 Å². The number of aryl methyl sites for hydroxylation is 1. The predicted molar refractivity (Wildman–Crippen MR) is 81.8 cm³/mol. The Morgan fingerprint density at radius 1 is 1.24 bits per heavy atom. The van der Waals surface area contributed by atoms with Gasteiger partial charge in [-0.15, -0.1) is 0 Å². The van der Waals surface area contributed by atoms with Crippen molar-refractivity contribution in [2.24, 2.45) is 0 Å². The lowest BCUT2D eigenvalue weighted by Crippen LogP contribution is -2.09. The molecule has 110 valence electrons. The zero-order valence-electron chi connectivity index (χ0n) is 12.5. The Morgan fingerprint density at radius 3 is 2.86 bits per heavy atom. The summed E-state index contributed by atoms with van der Waals surface area (Å²) in [7, 11) is 1.62. The fourth-order valence-corrected chi connectivity index (χ4v) is 2.70. The van der Waals surface area contributed by atoms with Crippen molar-refractivity contribution >= 4 is 5.82 Å². The van der Waals surface area contributed by atoms with Gasteiger partial charge in [0.15, 0.2) is 0 Å². The molecule has 2 heterocycles. The van der Waals surface area contributed by atoms with E-state index in [4.69, 9.17) is 14.7 Å². The third-order valence-corrected chi connectivity index (χ3v) is 3.69. The monoisotopic (exact) mass is 284 g/mol. The van der Waals surface area contributed by atoms with Crippen LogP contribution in [0.1, 0.15) is 36.0 Å². The van der Waals surface area contributed by atoms with Gasteiger partial charge in [-0.2, -0.15) is 0 Å². The standard InChI is InChI=1S/C16H20N4O/c1-3-17-16-12-5-4-6-13(12)19-14(20-16)9-11-7-8-15(21-2)18-10-11/h7-8,10H,3-6,9H2,1-2H3,(H,17,19,20). The van der Waals surface area contributed by atoms with Crippen molar-refractivity contribution < 1.29 is 4.74 Å². The largest absolute Gasteiger partial charge is 0.481 e. The summed E-state index contributed by atoms with van der Waals surface area (Å²) in [6, 6.07) is 3.88. The molecule has 3 rings (SSSR count). The van der Waals surface area contributed by atoms with Crippen LogP contribution in [0.4, 0.5) is 5.82 Å². The SMILES string of the molecule is CCNc1nc(Cc2ccc(OC)nc2)nc2c1CCC2. The lowest BCUT2D eigenvalue weighted by Gasteiger charge is -2.11. The van der Waals surface area contributed by atoms with E-state index in [1.165, 1.54) is 17.7 Å². The number of fused-ring (bicyclic) bond motifs is 1. The highest BCUT2D eigenvalue weighted by molar-refractivity contribution is 5.49. The number of nitrogens with one attached hydrogen (secondary N) is 1. The van der Waals surface area contributed by atoms with Crippen molar-refractivity contribution in [1.29, 1.82) is 0 Å². The van der Waals surface area contributed by atoms with E-state index in [0.717, 1.165) is 36.6 Å². The quantitative estimate of drug-likeness (QED) is 0.913. The van der Waals surface area contributed by atoms with E-state index in [0.29, 0.717) is 12.3 Å². The first-order valence-electron chi connectivity index (χ1n) is 7.41. The first-order chi connectivity index (χ1) is 10.3. The summed E-state index contributed by atoms with van der Waals surface area (Å²) < 4.78 is 5.08. The molecule has 2 aromatic heterocycles. The first kappa shape index (κ1) is 13.8. The fraction of sp³-hybridized carbons (Fsp3) is 0.438. The highest BCUT2D eigenvalue weighted by atomic mass is 16.5. The first-order valence-corrected chi connectivity index (χ1v) is 7.41. The minimum atomic E-state index is 0.627. The van der Waals surface area contributed by atoms with Gasteiger partial charge >= 0.3 is 0 Å². The number of methoxy groups -OCH3 is 1. The Labute approximate surface area is 124 Å². The maximum atomic E-state index is 5.08.